The van der Waals surface area contributed by atoms with Crippen molar-refractivity contribution in [1.82, 2.24) is 5.32 Å². The van der Waals surface area contributed by atoms with Crippen LogP contribution in [0.15, 0.2) is 36.4 Å². The zero-order valence-electron chi connectivity index (χ0n) is 14.3. The van der Waals surface area contributed by atoms with Crippen LogP contribution in [0, 0.1) is 6.92 Å². The van der Waals surface area contributed by atoms with Gasteiger partial charge in [-0.15, -0.1) is 0 Å². The Labute approximate surface area is 161 Å². The number of carbonyl (C=O) groups is 2. The van der Waals surface area contributed by atoms with Gasteiger partial charge in [-0.05, 0) is 48.9 Å². The van der Waals surface area contributed by atoms with Crippen molar-refractivity contribution in [2.75, 3.05) is 25.6 Å². The van der Waals surface area contributed by atoms with Gasteiger partial charge in [0, 0.05) is 5.02 Å². The molecule has 0 saturated heterocycles. The second kappa shape index (κ2) is 9.31. The third-order valence-electron chi connectivity index (χ3n) is 3.42. The Balaban J connectivity index is 1.83. The molecule has 0 radical (unpaired) electrons. The van der Waals surface area contributed by atoms with Crippen LogP contribution in [0.1, 0.15) is 15.9 Å². The zero-order chi connectivity index (χ0) is 19.1. The van der Waals surface area contributed by atoms with Crippen molar-refractivity contribution in [2.45, 2.75) is 6.92 Å². The first-order valence-electron chi connectivity index (χ1n) is 7.72. The first-order valence-corrected chi connectivity index (χ1v) is 8.48. The van der Waals surface area contributed by atoms with Gasteiger partial charge in [-0.2, -0.15) is 0 Å². The molecule has 26 heavy (non-hydrogen) atoms. The number of amides is 2. The quantitative estimate of drug-likeness (QED) is 0.563. The Hall–Kier alpha value is -2.44. The van der Waals surface area contributed by atoms with Gasteiger partial charge in [-0.25, -0.2) is 9.59 Å². The number of hydrogen-bond acceptors (Lipinski definition) is 4. The van der Waals surface area contributed by atoms with Crippen LogP contribution in [0.4, 0.5) is 10.5 Å². The van der Waals surface area contributed by atoms with Crippen LogP contribution >= 0.6 is 23.2 Å². The van der Waals surface area contributed by atoms with E-state index >= 15 is 0 Å². The van der Waals surface area contributed by atoms with Crippen LogP contribution in [0.3, 0.4) is 0 Å². The average Bonchev–Trinajstić information content (AvgIpc) is 2.62. The summed E-state index contributed by atoms with van der Waals surface area (Å²) in [4.78, 5) is 23.5. The van der Waals surface area contributed by atoms with Gasteiger partial charge in [0.2, 0.25) is 0 Å². The van der Waals surface area contributed by atoms with E-state index in [1.165, 1.54) is 25.3 Å². The maximum Gasteiger partial charge on any atom is 0.337 e. The van der Waals surface area contributed by atoms with Crippen molar-refractivity contribution in [3.05, 3.63) is 57.6 Å². The van der Waals surface area contributed by atoms with Crippen molar-refractivity contribution >= 4 is 40.9 Å². The number of urea groups is 1. The summed E-state index contributed by atoms with van der Waals surface area (Å²) in [6.45, 7) is 2.44. The van der Waals surface area contributed by atoms with E-state index in [2.05, 4.69) is 15.4 Å². The molecule has 0 aliphatic carbocycles. The van der Waals surface area contributed by atoms with Crippen LogP contribution < -0.4 is 15.4 Å². The number of halogens is 2. The van der Waals surface area contributed by atoms with Crippen LogP contribution in [-0.2, 0) is 4.74 Å². The molecule has 0 saturated carbocycles. The lowest BCUT2D eigenvalue weighted by atomic mass is 10.2. The predicted molar refractivity (Wildman–Crippen MR) is 101 cm³/mol. The molecular formula is C18H18Cl2N2O4. The Morgan fingerprint density at radius 3 is 2.50 bits per heavy atom. The van der Waals surface area contributed by atoms with E-state index in [4.69, 9.17) is 27.9 Å². The number of carbonyl (C=O) groups excluding carboxylic acids is 2. The molecule has 8 heteroatoms. The third-order valence-corrected chi connectivity index (χ3v) is 4.18. The number of nitrogens with one attached hydrogen (secondary N) is 2. The Morgan fingerprint density at radius 1 is 1.08 bits per heavy atom. The first-order chi connectivity index (χ1) is 12.4. The molecule has 2 rings (SSSR count). The number of rotatable bonds is 6. The molecule has 0 unspecified atom stereocenters. The summed E-state index contributed by atoms with van der Waals surface area (Å²) in [6.07, 6.45) is 0. The fraction of sp³-hybridized carbons (Fsp3) is 0.222. The summed E-state index contributed by atoms with van der Waals surface area (Å²) >= 11 is 12.0. The minimum atomic E-state index is -0.517. The summed E-state index contributed by atoms with van der Waals surface area (Å²) in [5, 5.41) is 6.20. The molecule has 6 nitrogen and oxygen atoms in total. The van der Waals surface area contributed by atoms with E-state index in [0.717, 1.165) is 5.56 Å². The molecule has 0 aromatic heterocycles. The zero-order valence-corrected chi connectivity index (χ0v) is 15.8. The lowest BCUT2D eigenvalue weighted by Gasteiger charge is -2.11. The summed E-state index contributed by atoms with van der Waals surface area (Å²) in [7, 11) is 1.28. The van der Waals surface area contributed by atoms with E-state index in [-0.39, 0.29) is 18.7 Å². The number of esters is 1. The number of aryl methyl sites for hydroxylation is 1. The topological polar surface area (TPSA) is 76.7 Å². The highest BCUT2D eigenvalue weighted by atomic mass is 35.5. The fourth-order valence-electron chi connectivity index (χ4n) is 2.07. The van der Waals surface area contributed by atoms with E-state index in [9.17, 15) is 9.59 Å². The molecule has 0 heterocycles. The van der Waals surface area contributed by atoms with Gasteiger partial charge in [-0.3, -0.25) is 0 Å². The number of hydrogen-bond donors (Lipinski definition) is 2. The summed E-state index contributed by atoms with van der Waals surface area (Å²) < 4.78 is 10.2. The van der Waals surface area contributed by atoms with E-state index in [1.54, 1.807) is 12.1 Å². The minimum Gasteiger partial charge on any atom is -0.492 e. The van der Waals surface area contributed by atoms with Gasteiger partial charge < -0.3 is 20.1 Å². The molecule has 0 bridgehead atoms. The molecule has 0 atom stereocenters. The van der Waals surface area contributed by atoms with Crippen LogP contribution in [0.2, 0.25) is 10.0 Å². The normalized spacial score (nSPS) is 10.2. The third kappa shape index (κ3) is 5.54. The molecule has 2 N–H and O–H groups in total. The molecule has 2 amide bonds. The second-order valence-corrected chi connectivity index (χ2v) is 6.14. The second-order valence-electron chi connectivity index (χ2n) is 5.33. The van der Waals surface area contributed by atoms with Gasteiger partial charge >= 0.3 is 12.0 Å². The molecule has 0 aliphatic heterocycles. The molecule has 2 aromatic carbocycles. The number of benzene rings is 2. The lowest BCUT2D eigenvalue weighted by molar-refractivity contribution is 0.0600. The van der Waals surface area contributed by atoms with Gasteiger partial charge in [0.1, 0.15) is 12.4 Å². The SMILES string of the molecule is COC(=O)c1ccc(Cl)c(NC(=O)NCCOc2ccc(Cl)c(C)c2)c1. The molecule has 2 aromatic rings. The smallest absolute Gasteiger partial charge is 0.337 e. The predicted octanol–water partition coefficient (Wildman–Crippen LogP) is 4.29. The van der Waals surface area contributed by atoms with Crippen LogP contribution in [0.25, 0.3) is 0 Å². The molecule has 0 fully saturated rings. The van der Waals surface area contributed by atoms with E-state index in [0.29, 0.717) is 21.5 Å². The average molecular weight is 397 g/mol. The minimum absolute atomic E-state index is 0.280. The Bertz CT molecular complexity index is 812. The highest BCUT2D eigenvalue weighted by molar-refractivity contribution is 6.33. The molecular weight excluding hydrogens is 379 g/mol. The van der Waals surface area contributed by atoms with Crippen molar-refractivity contribution in [3.8, 4) is 5.75 Å². The molecule has 138 valence electrons. The van der Waals surface area contributed by atoms with Gasteiger partial charge in [0.05, 0.1) is 29.9 Å². The molecule has 0 aliphatic rings. The highest BCUT2D eigenvalue weighted by Gasteiger charge is 2.11. The lowest BCUT2D eigenvalue weighted by Crippen LogP contribution is -2.32. The molecule has 0 spiro atoms. The number of anilines is 1. The Kier molecular flexibility index (Phi) is 7.12. The Morgan fingerprint density at radius 2 is 1.81 bits per heavy atom. The number of methoxy groups -OCH3 is 1. The van der Waals surface area contributed by atoms with Crippen LogP contribution in [0.5, 0.6) is 5.75 Å². The summed E-state index contributed by atoms with van der Waals surface area (Å²) in [6, 6.07) is 9.33. The first kappa shape index (κ1) is 19.9. The van der Waals surface area contributed by atoms with Gasteiger partial charge in [-0.1, -0.05) is 23.2 Å². The van der Waals surface area contributed by atoms with Gasteiger partial charge in [0.25, 0.3) is 0 Å². The van der Waals surface area contributed by atoms with Gasteiger partial charge in [0.15, 0.2) is 0 Å². The summed E-state index contributed by atoms with van der Waals surface area (Å²) in [5.41, 5.74) is 1.50. The highest BCUT2D eigenvalue weighted by Crippen LogP contribution is 2.23. The maximum absolute atomic E-state index is 12.0. The maximum atomic E-state index is 12.0. The standard InChI is InChI=1S/C18H18Cl2N2O4/c1-11-9-13(4-6-14(11)19)26-8-7-21-18(24)22-16-10-12(17(23)25-2)3-5-15(16)20/h3-6,9-10H,7-8H2,1-2H3,(H2,21,22,24). The fourth-order valence-corrected chi connectivity index (χ4v) is 2.36. The monoisotopic (exact) mass is 396 g/mol. The largest absolute Gasteiger partial charge is 0.492 e. The van der Waals surface area contributed by atoms with Crippen molar-refractivity contribution in [2.24, 2.45) is 0 Å². The van der Waals surface area contributed by atoms with Crippen molar-refractivity contribution in [3.63, 3.8) is 0 Å². The summed E-state index contributed by atoms with van der Waals surface area (Å²) in [5.74, 6) is 0.153. The van der Waals surface area contributed by atoms with E-state index in [1.807, 2.05) is 13.0 Å². The van der Waals surface area contributed by atoms with E-state index < -0.39 is 12.0 Å². The van der Waals surface area contributed by atoms with Crippen LogP contribution in [-0.4, -0.2) is 32.3 Å². The van der Waals surface area contributed by atoms with Crippen molar-refractivity contribution < 1.29 is 19.1 Å². The van der Waals surface area contributed by atoms with Crippen molar-refractivity contribution in [1.29, 1.82) is 0 Å². The number of ether oxygens (including phenoxy) is 2.